The smallest absolute Gasteiger partial charge is 0.292 e. The molecule has 0 atom stereocenters. The fourth-order valence-electron chi connectivity index (χ4n) is 1.36. The highest BCUT2D eigenvalue weighted by molar-refractivity contribution is 5.90. The minimum atomic E-state index is -0.403. The molecule has 2 rings (SSSR count). The van der Waals surface area contributed by atoms with Gasteiger partial charge in [0.1, 0.15) is 5.75 Å². The van der Waals surface area contributed by atoms with Crippen LogP contribution in [-0.4, -0.2) is 27.7 Å². The zero-order valence-electron chi connectivity index (χ0n) is 9.67. The standard InChI is InChI=1S/C11H12N4O3/c1-2-13-10(17)9-14-11(18-15-9)6-3-4-8(16)7(12)5-6/h3-5,16H,2,12H2,1H3,(H,13,17). The number of rotatable bonds is 3. The van der Waals surface area contributed by atoms with E-state index in [1.807, 2.05) is 0 Å². The van der Waals surface area contributed by atoms with Crippen LogP contribution in [-0.2, 0) is 0 Å². The Hall–Kier alpha value is -2.57. The Morgan fingerprint density at radius 2 is 2.33 bits per heavy atom. The van der Waals surface area contributed by atoms with Gasteiger partial charge in [0.25, 0.3) is 17.6 Å². The summed E-state index contributed by atoms with van der Waals surface area (Å²) in [5, 5.41) is 15.4. The van der Waals surface area contributed by atoms with Crippen LogP contribution < -0.4 is 11.1 Å². The van der Waals surface area contributed by atoms with Crippen molar-refractivity contribution in [1.82, 2.24) is 15.5 Å². The molecule has 1 aromatic carbocycles. The van der Waals surface area contributed by atoms with Gasteiger partial charge in [0.15, 0.2) is 0 Å². The molecule has 0 unspecified atom stereocenters. The van der Waals surface area contributed by atoms with Gasteiger partial charge in [-0.05, 0) is 25.1 Å². The Balaban J connectivity index is 2.29. The number of hydrogen-bond donors (Lipinski definition) is 3. The Bertz CT molecular complexity index is 579. The number of phenolic OH excluding ortho intramolecular Hbond substituents is 1. The lowest BCUT2D eigenvalue weighted by Gasteiger charge is -1.99. The molecule has 0 fully saturated rings. The number of nitrogens with two attached hydrogens (primary N) is 1. The van der Waals surface area contributed by atoms with Gasteiger partial charge in [-0.25, -0.2) is 0 Å². The molecule has 0 aliphatic heterocycles. The predicted octanol–water partition coefficient (Wildman–Crippen LogP) is 0.774. The molecule has 94 valence electrons. The number of aromatic hydroxyl groups is 1. The Morgan fingerprint density at radius 1 is 1.56 bits per heavy atom. The summed E-state index contributed by atoms with van der Waals surface area (Å²) in [6, 6.07) is 4.48. The number of aromatic nitrogens is 2. The van der Waals surface area contributed by atoms with Crippen LogP contribution in [0.4, 0.5) is 5.69 Å². The molecular formula is C11H12N4O3. The van der Waals surface area contributed by atoms with E-state index < -0.39 is 5.91 Å². The van der Waals surface area contributed by atoms with Crippen molar-refractivity contribution in [2.24, 2.45) is 0 Å². The molecule has 0 aliphatic carbocycles. The van der Waals surface area contributed by atoms with Crippen molar-refractivity contribution in [3.8, 4) is 17.2 Å². The lowest BCUT2D eigenvalue weighted by molar-refractivity contribution is 0.0942. The number of benzene rings is 1. The maximum absolute atomic E-state index is 11.4. The number of nitrogen functional groups attached to an aromatic ring is 1. The number of carbonyl (C=O) groups excluding carboxylic acids is 1. The molecule has 0 bridgehead atoms. The van der Waals surface area contributed by atoms with E-state index in [0.717, 1.165) is 0 Å². The second-order valence-corrected chi connectivity index (χ2v) is 3.56. The molecule has 0 radical (unpaired) electrons. The summed E-state index contributed by atoms with van der Waals surface area (Å²) in [6.07, 6.45) is 0. The maximum Gasteiger partial charge on any atom is 0.292 e. The summed E-state index contributed by atoms with van der Waals surface area (Å²) >= 11 is 0. The molecule has 7 nitrogen and oxygen atoms in total. The second-order valence-electron chi connectivity index (χ2n) is 3.56. The number of carbonyl (C=O) groups is 1. The number of phenols is 1. The highest BCUT2D eigenvalue weighted by Crippen LogP contribution is 2.26. The zero-order chi connectivity index (χ0) is 13.1. The summed E-state index contributed by atoms with van der Waals surface area (Å²) in [7, 11) is 0. The molecule has 2 aromatic rings. The quantitative estimate of drug-likeness (QED) is 0.546. The van der Waals surface area contributed by atoms with E-state index in [1.54, 1.807) is 13.0 Å². The number of anilines is 1. The maximum atomic E-state index is 11.4. The highest BCUT2D eigenvalue weighted by atomic mass is 16.5. The molecule has 0 saturated carbocycles. The average molecular weight is 248 g/mol. The largest absolute Gasteiger partial charge is 0.506 e. The van der Waals surface area contributed by atoms with E-state index in [-0.39, 0.29) is 23.2 Å². The van der Waals surface area contributed by atoms with E-state index in [2.05, 4.69) is 15.5 Å². The van der Waals surface area contributed by atoms with E-state index in [1.165, 1.54) is 12.1 Å². The monoisotopic (exact) mass is 248 g/mol. The molecule has 1 heterocycles. The van der Waals surface area contributed by atoms with Crippen LogP contribution in [0.2, 0.25) is 0 Å². The van der Waals surface area contributed by atoms with E-state index in [4.69, 9.17) is 10.3 Å². The van der Waals surface area contributed by atoms with Crippen molar-refractivity contribution in [3.05, 3.63) is 24.0 Å². The first kappa shape index (κ1) is 11.9. The Kier molecular flexibility index (Phi) is 3.13. The van der Waals surface area contributed by atoms with Gasteiger partial charge < -0.3 is 20.7 Å². The summed E-state index contributed by atoms with van der Waals surface area (Å²) in [6.45, 7) is 2.27. The average Bonchev–Trinajstić information content (AvgIpc) is 2.82. The lowest BCUT2D eigenvalue weighted by atomic mass is 10.2. The highest BCUT2D eigenvalue weighted by Gasteiger charge is 2.15. The molecule has 0 aliphatic rings. The molecule has 0 saturated heterocycles. The predicted molar refractivity (Wildman–Crippen MR) is 63.8 cm³/mol. The topological polar surface area (TPSA) is 114 Å². The van der Waals surface area contributed by atoms with Crippen LogP contribution in [0.1, 0.15) is 17.5 Å². The van der Waals surface area contributed by atoms with Crippen LogP contribution >= 0.6 is 0 Å². The lowest BCUT2D eigenvalue weighted by Crippen LogP contribution is -2.23. The van der Waals surface area contributed by atoms with Crippen LogP contribution in [0.15, 0.2) is 22.7 Å². The van der Waals surface area contributed by atoms with Crippen molar-refractivity contribution in [2.75, 3.05) is 12.3 Å². The first-order valence-electron chi connectivity index (χ1n) is 5.32. The third-order valence-corrected chi connectivity index (χ3v) is 2.24. The third kappa shape index (κ3) is 2.24. The van der Waals surface area contributed by atoms with E-state index in [9.17, 15) is 9.90 Å². The van der Waals surface area contributed by atoms with Gasteiger partial charge in [0.05, 0.1) is 5.69 Å². The summed E-state index contributed by atoms with van der Waals surface area (Å²) in [5.74, 6) is -0.303. The van der Waals surface area contributed by atoms with E-state index >= 15 is 0 Å². The molecule has 0 spiro atoms. The minimum absolute atomic E-state index is 0.0257. The van der Waals surface area contributed by atoms with Crippen molar-refractivity contribution in [1.29, 1.82) is 0 Å². The van der Waals surface area contributed by atoms with Gasteiger partial charge in [-0.1, -0.05) is 5.16 Å². The van der Waals surface area contributed by atoms with Crippen LogP contribution in [0, 0.1) is 0 Å². The summed E-state index contributed by atoms with van der Waals surface area (Å²) < 4.78 is 4.95. The zero-order valence-corrected chi connectivity index (χ0v) is 9.67. The second kappa shape index (κ2) is 4.74. The molecule has 18 heavy (non-hydrogen) atoms. The Morgan fingerprint density at radius 3 is 3.00 bits per heavy atom. The van der Waals surface area contributed by atoms with Gasteiger partial charge in [-0.3, -0.25) is 4.79 Å². The van der Waals surface area contributed by atoms with Crippen molar-refractivity contribution in [3.63, 3.8) is 0 Å². The fraction of sp³-hybridized carbons (Fsp3) is 0.182. The first-order chi connectivity index (χ1) is 8.61. The van der Waals surface area contributed by atoms with Crippen molar-refractivity contribution >= 4 is 11.6 Å². The number of nitrogens with zero attached hydrogens (tertiary/aromatic N) is 2. The molecule has 1 amide bonds. The SMILES string of the molecule is CCNC(=O)c1noc(-c2ccc(O)c(N)c2)n1. The normalized spacial score (nSPS) is 10.3. The number of amides is 1. The molecule has 1 aromatic heterocycles. The van der Waals surface area contributed by atoms with Gasteiger partial charge in [-0.2, -0.15) is 4.98 Å². The number of hydrogen-bond acceptors (Lipinski definition) is 6. The molecule has 7 heteroatoms. The van der Waals surface area contributed by atoms with Gasteiger partial charge in [0.2, 0.25) is 0 Å². The summed E-state index contributed by atoms with van der Waals surface area (Å²) in [5.41, 5.74) is 6.29. The number of nitrogens with one attached hydrogen (secondary N) is 1. The van der Waals surface area contributed by atoms with Gasteiger partial charge in [-0.15, -0.1) is 0 Å². The van der Waals surface area contributed by atoms with Gasteiger partial charge in [0, 0.05) is 12.1 Å². The Labute approximate surface area is 103 Å². The molecular weight excluding hydrogens is 236 g/mol. The van der Waals surface area contributed by atoms with E-state index in [0.29, 0.717) is 12.1 Å². The summed E-state index contributed by atoms with van der Waals surface area (Å²) in [4.78, 5) is 15.4. The third-order valence-electron chi connectivity index (χ3n) is 2.24. The van der Waals surface area contributed by atoms with Gasteiger partial charge >= 0.3 is 0 Å². The minimum Gasteiger partial charge on any atom is -0.506 e. The molecule has 4 N–H and O–H groups in total. The first-order valence-corrected chi connectivity index (χ1v) is 5.32. The van der Waals surface area contributed by atoms with Crippen molar-refractivity contribution in [2.45, 2.75) is 6.92 Å². The fourth-order valence-corrected chi connectivity index (χ4v) is 1.36. The van der Waals surface area contributed by atoms with Crippen molar-refractivity contribution < 1.29 is 14.4 Å². The van der Waals surface area contributed by atoms with Crippen LogP contribution in [0.3, 0.4) is 0 Å². The van der Waals surface area contributed by atoms with Crippen LogP contribution in [0.25, 0.3) is 11.5 Å². The van der Waals surface area contributed by atoms with Crippen LogP contribution in [0.5, 0.6) is 5.75 Å².